The van der Waals surface area contributed by atoms with Gasteiger partial charge in [-0.1, -0.05) is 68.8 Å². The van der Waals surface area contributed by atoms with Crippen LogP contribution in [0, 0.1) is 6.92 Å². The minimum Gasteiger partial charge on any atom is -0.336 e. The Hall–Kier alpha value is -3.16. The van der Waals surface area contributed by atoms with Crippen LogP contribution in [0.3, 0.4) is 0 Å². The second-order valence-electron chi connectivity index (χ2n) is 10.3. The van der Waals surface area contributed by atoms with Gasteiger partial charge in [-0.2, -0.15) is 0 Å². The maximum absolute atomic E-state index is 13.4. The second kappa shape index (κ2) is 12.6. The Morgan fingerprint density at radius 1 is 0.947 bits per heavy atom. The molecule has 0 bridgehead atoms. The number of carbonyl (C=O) groups excluding carboxylic acids is 1. The predicted octanol–water partition coefficient (Wildman–Crippen LogP) is 5.70. The Morgan fingerprint density at radius 2 is 1.63 bits per heavy atom. The molecule has 4 rings (SSSR count). The third-order valence-corrected chi connectivity index (χ3v) is 8.71. The molecule has 3 aromatic rings. The summed E-state index contributed by atoms with van der Waals surface area (Å²) in [5, 5.41) is 0. The normalized spacial score (nSPS) is 15.3. The SMILES string of the molecule is CCCCc1ccc(NS(=O)(=O)c2ccc(C)c(C(=O)N3CCN(CC(C)c4ccccc4)CC3)c2)cc1. The van der Waals surface area contributed by atoms with Gasteiger partial charge in [0, 0.05) is 44.0 Å². The van der Waals surface area contributed by atoms with Crippen molar-refractivity contribution in [2.75, 3.05) is 37.4 Å². The molecular formula is C31H39N3O3S. The van der Waals surface area contributed by atoms with Gasteiger partial charge in [-0.15, -0.1) is 0 Å². The third-order valence-electron chi connectivity index (χ3n) is 7.34. The highest BCUT2D eigenvalue weighted by molar-refractivity contribution is 7.92. The first-order chi connectivity index (χ1) is 18.3. The summed E-state index contributed by atoms with van der Waals surface area (Å²) in [6.45, 7) is 10.0. The van der Waals surface area contributed by atoms with E-state index in [0.29, 0.717) is 30.3 Å². The van der Waals surface area contributed by atoms with E-state index in [1.165, 1.54) is 17.2 Å². The number of anilines is 1. The Morgan fingerprint density at radius 3 is 2.29 bits per heavy atom. The number of hydrogen-bond donors (Lipinski definition) is 1. The van der Waals surface area contributed by atoms with Crippen LogP contribution in [0.25, 0.3) is 0 Å². The van der Waals surface area contributed by atoms with Crippen molar-refractivity contribution in [1.82, 2.24) is 9.80 Å². The largest absolute Gasteiger partial charge is 0.336 e. The number of amides is 1. The van der Waals surface area contributed by atoms with Crippen LogP contribution >= 0.6 is 0 Å². The number of hydrogen-bond acceptors (Lipinski definition) is 4. The lowest BCUT2D eigenvalue weighted by Crippen LogP contribution is -2.49. The number of rotatable bonds is 10. The Balaban J connectivity index is 1.39. The van der Waals surface area contributed by atoms with Crippen molar-refractivity contribution in [3.63, 3.8) is 0 Å². The van der Waals surface area contributed by atoms with E-state index in [2.05, 4.69) is 47.7 Å². The van der Waals surface area contributed by atoms with Crippen LogP contribution in [0.5, 0.6) is 0 Å². The summed E-state index contributed by atoms with van der Waals surface area (Å²) in [6.07, 6.45) is 3.20. The molecule has 0 saturated carbocycles. The molecule has 6 nitrogen and oxygen atoms in total. The lowest BCUT2D eigenvalue weighted by molar-refractivity contribution is 0.0630. The molecule has 1 aliphatic rings. The molecule has 0 radical (unpaired) electrons. The Bertz CT molecular complexity index is 1320. The maximum atomic E-state index is 13.4. The van der Waals surface area contributed by atoms with E-state index >= 15 is 0 Å². The van der Waals surface area contributed by atoms with Gasteiger partial charge in [0.2, 0.25) is 0 Å². The van der Waals surface area contributed by atoms with Crippen LogP contribution in [0.15, 0.2) is 77.7 Å². The molecule has 1 heterocycles. The maximum Gasteiger partial charge on any atom is 0.261 e. The number of aryl methyl sites for hydroxylation is 2. The average molecular weight is 534 g/mol. The summed E-state index contributed by atoms with van der Waals surface area (Å²) in [6, 6.07) is 22.8. The van der Waals surface area contributed by atoms with Crippen LogP contribution in [-0.2, 0) is 16.4 Å². The van der Waals surface area contributed by atoms with Crippen molar-refractivity contribution >= 4 is 21.6 Å². The third kappa shape index (κ3) is 7.03. The summed E-state index contributed by atoms with van der Waals surface area (Å²) in [5.74, 6) is 0.304. The van der Waals surface area contributed by atoms with Crippen molar-refractivity contribution < 1.29 is 13.2 Å². The molecule has 1 atom stereocenters. The molecule has 1 saturated heterocycles. The zero-order chi connectivity index (χ0) is 27.1. The van der Waals surface area contributed by atoms with Crippen LogP contribution in [-0.4, -0.2) is 56.8 Å². The number of benzene rings is 3. The Kier molecular flexibility index (Phi) is 9.23. The summed E-state index contributed by atoms with van der Waals surface area (Å²) in [5.41, 5.74) is 4.23. The number of piperazine rings is 1. The summed E-state index contributed by atoms with van der Waals surface area (Å²) in [7, 11) is -3.82. The molecule has 1 N–H and O–H groups in total. The van der Waals surface area contributed by atoms with Crippen LogP contribution in [0.2, 0.25) is 0 Å². The standard InChI is InChI=1S/C31H39N3O3S/c1-4-5-9-26-13-15-28(16-14-26)32-38(36,37)29-17-12-24(2)30(22-29)31(35)34-20-18-33(19-21-34)23-25(3)27-10-7-6-8-11-27/h6-8,10-17,22,25,32H,4-5,9,18-21,23H2,1-3H3. The Labute approximate surface area is 227 Å². The zero-order valence-corrected chi connectivity index (χ0v) is 23.5. The number of nitrogens with one attached hydrogen (secondary N) is 1. The number of carbonyl (C=O) groups is 1. The highest BCUT2D eigenvalue weighted by atomic mass is 32.2. The highest BCUT2D eigenvalue weighted by Gasteiger charge is 2.26. The summed E-state index contributed by atoms with van der Waals surface area (Å²) < 4.78 is 28.9. The number of nitrogens with zero attached hydrogens (tertiary/aromatic N) is 2. The fourth-order valence-corrected chi connectivity index (χ4v) is 6.00. The van der Waals surface area contributed by atoms with Gasteiger partial charge in [-0.25, -0.2) is 8.42 Å². The molecular weight excluding hydrogens is 494 g/mol. The zero-order valence-electron chi connectivity index (χ0n) is 22.7. The molecule has 202 valence electrons. The lowest BCUT2D eigenvalue weighted by Gasteiger charge is -2.36. The molecule has 38 heavy (non-hydrogen) atoms. The van der Waals surface area contributed by atoms with Crippen molar-refractivity contribution in [3.05, 3.63) is 95.1 Å². The van der Waals surface area contributed by atoms with E-state index in [-0.39, 0.29) is 10.8 Å². The molecule has 1 fully saturated rings. The van der Waals surface area contributed by atoms with E-state index in [9.17, 15) is 13.2 Å². The number of sulfonamides is 1. The molecule has 0 aliphatic carbocycles. The smallest absolute Gasteiger partial charge is 0.261 e. The van der Waals surface area contributed by atoms with Gasteiger partial charge in [0.1, 0.15) is 0 Å². The minimum atomic E-state index is -3.82. The van der Waals surface area contributed by atoms with Crippen molar-refractivity contribution in [2.45, 2.75) is 50.8 Å². The second-order valence-corrected chi connectivity index (χ2v) is 12.0. The van der Waals surface area contributed by atoms with Crippen molar-refractivity contribution in [1.29, 1.82) is 0 Å². The molecule has 1 unspecified atom stereocenters. The van der Waals surface area contributed by atoms with Crippen LogP contribution < -0.4 is 4.72 Å². The molecule has 0 spiro atoms. The minimum absolute atomic E-state index is 0.0943. The van der Waals surface area contributed by atoms with E-state index in [1.807, 2.05) is 30.0 Å². The van der Waals surface area contributed by atoms with E-state index < -0.39 is 10.0 Å². The quantitative estimate of drug-likeness (QED) is 0.363. The summed E-state index contributed by atoms with van der Waals surface area (Å²) >= 11 is 0. The number of unbranched alkanes of at least 4 members (excludes halogenated alkanes) is 1. The first kappa shape index (κ1) is 27.9. The van der Waals surface area contributed by atoms with Crippen molar-refractivity contribution in [3.8, 4) is 0 Å². The fraction of sp³-hybridized carbons (Fsp3) is 0.387. The van der Waals surface area contributed by atoms with Gasteiger partial charge < -0.3 is 4.90 Å². The average Bonchev–Trinajstić information content (AvgIpc) is 2.93. The van der Waals surface area contributed by atoms with Crippen LogP contribution in [0.4, 0.5) is 5.69 Å². The van der Waals surface area contributed by atoms with E-state index in [4.69, 9.17) is 0 Å². The van der Waals surface area contributed by atoms with Gasteiger partial charge in [0.05, 0.1) is 4.90 Å². The summed E-state index contributed by atoms with van der Waals surface area (Å²) in [4.78, 5) is 17.8. The van der Waals surface area contributed by atoms with Gasteiger partial charge in [0.15, 0.2) is 0 Å². The van der Waals surface area contributed by atoms with E-state index in [0.717, 1.165) is 44.5 Å². The topological polar surface area (TPSA) is 69.7 Å². The lowest BCUT2D eigenvalue weighted by atomic mass is 10.0. The van der Waals surface area contributed by atoms with E-state index in [1.54, 1.807) is 24.3 Å². The van der Waals surface area contributed by atoms with Gasteiger partial charge in [-0.3, -0.25) is 14.4 Å². The molecule has 7 heteroatoms. The van der Waals surface area contributed by atoms with Gasteiger partial charge in [0.25, 0.3) is 15.9 Å². The monoisotopic (exact) mass is 533 g/mol. The first-order valence-corrected chi connectivity index (χ1v) is 15.0. The van der Waals surface area contributed by atoms with Gasteiger partial charge in [-0.05, 0) is 66.6 Å². The molecule has 1 aliphatic heterocycles. The molecule has 0 aromatic heterocycles. The highest BCUT2D eigenvalue weighted by Crippen LogP contribution is 2.23. The molecule has 1 amide bonds. The first-order valence-electron chi connectivity index (χ1n) is 13.6. The fourth-order valence-electron chi connectivity index (χ4n) is 4.91. The van der Waals surface area contributed by atoms with Crippen molar-refractivity contribution in [2.24, 2.45) is 0 Å². The molecule has 3 aromatic carbocycles. The van der Waals surface area contributed by atoms with Crippen LogP contribution in [0.1, 0.15) is 59.7 Å². The van der Waals surface area contributed by atoms with Gasteiger partial charge >= 0.3 is 0 Å². The predicted molar refractivity (Wildman–Crippen MR) is 154 cm³/mol.